The zero-order valence-electron chi connectivity index (χ0n) is 4.29. The Morgan fingerprint density at radius 2 is 2.38 bits per heavy atom. The summed E-state index contributed by atoms with van der Waals surface area (Å²) in [5, 5.41) is 0. The van der Waals surface area contributed by atoms with Crippen LogP contribution < -0.4 is 0 Å². The monoisotopic (exact) mass is 103 g/mol. The van der Waals surface area contributed by atoms with Crippen molar-refractivity contribution in [1.29, 1.82) is 0 Å². The molecule has 0 fully saturated rings. The van der Waals surface area contributed by atoms with Crippen LogP contribution in [0.15, 0.2) is 24.2 Å². The van der Waals surface area contributed by atoms with Crippen molar-refractivity contribution in [1.82, 2.24) is 0 Å². The van der Waals surface area contributed by atoms with Crippen molar-refractivity contribution in [2.45, 2.75) is 0 Å². The van der Waals surface area contributed by atoms with Crippen LogP contribution in [-0.2, 0) is 4.79 Å². The molecule has 1 nitrogen and oxygen atoms in total. The summed E-state index contributed by atoms with van der Waals surface area (Å²) in [6.45, 7) is 1.72. The Hall–Kier alpha value is -0.915. The number of rotatable bonds is 1. The molecular formula is C6H4BO. The summed E-state index contributed by atoms with van der Waals surface area (Å²) in [6.07, 6.45) is 1.78. The van der Waals surface area contributed by atoms with Crippen LogP contribution in [0.4, 0.5) is 0 Å². The van der Waals surface area contributed by atoms with Gasteiger partial charge in [-0.1, -0.05) is 0 Å². The van der Waals surface area contributed by atoms with Gasteiger partial charge < -0.3 is 0 Å². The van der Waals surface area contributed by atoms with Gasteiger partial charge in [0.25, 0.3) is 0 Å². The van der Waals surface area contributed by atoms with Crippen molar-refractivity contribution in [3.63, 3.8) is 0 Å². The number of carbonyl (C=O) groups excluding carboxylic acids is 1. The molecule has 0 aliphatic heterocycles. The summed E-state index contributed by atoms with van der Waals surface area (Å²) in [7, 11) is 0. The molecule has 0 atom stereocenters. The Balaban J connectivity index is 2.99. The van der Waals surface area contributed by atoms with Gasteiger partial charge in [0.2, 0.25) is 0 Å². The summed E-state index contributed by atoms with van der Waals surface area (Å²) in [5.41, 5.74) is 0.604. The van der Waals surface area contributed by atoms with Gasteiger partial charge >= 0.3 is 47.6 Å². The molecule has 0 bridgehead atoms. The van der Waals surface area contributed by atoms with Gasteiger partial charge in [0.05, 0.1) is 0 Å². The van der Waals surface area contributed by atoms with Crippen molar-refractivity contribution in [3.05, 3.63) is 29.6 Å². The quantitative estimate of drug-likeness (QED) is 0.505. The van der Waals surface area contributed by atoms with Crippen LogP contribution in [0.25, 0.3) is 0 Å². The first kappa shape index (κ1) is 5.23. The second-order valence-electron chi connectivity index (χ2n) is 1.47. The fourth-order valence-corrected chi connectivity index (χ4v) is 0.506. The fourth-order valence-electron chi connectivity index (χ4n) is 0.506. The normalized spacial score (nSPS) is 8.00. The van der Waals surface area contributed by atoms with Crippen LogP contribution in [0, 0.1) is 0 Å². The fraction of sp³-hybridized carbons (Fsp3) is 0. The molecule has 0 unspecified atom stereocenters. The van der Waals surface area contributed by atoms with Crippen molar-refractivity contribution >= 4 is 13.2 Å². The van der Waals surface area contributed by atoms with Crippen LogP contribution in [0.2, 0.25) is 0 Å². The third kappa shape index (κ3) is 1.03. The second kappa shape index (κ2) is 2.41. The van der Waals surface area contributed by atoms with E-state index in [-0.39, 0.29) is 0 Å². The molecule has 1 aromatic heterocycles. The Kier molecular flexibility index (Phi) is 1.57. The first-order chi connectivity index (χ1) is 3.93. The van der Waals surface area contributed by atoms with Gasteiger partial charge in [-0.2, -0.15) is 0 Å². The van der Waals surface area contributed by atoms with E-state index in [9.17, 15) is 4.79 Å². The summed E-state index contributed by atoms with van der Waals surface area (Å²) in [4.78, 5) is 9.88. The van der Waals surface area contributed by atoms with Crippen LogP contribution in [0.5, 0.6) is 0 Å². The summed E-state index contributed by atoms with van der Waals surface area (Å²) in [5.74, 6) is 1.81. The summed E-state index contributed by atoms with van der Waals surface area (Å²) < 4.78 is 0. The van der Waals surface area contributed by atoms with Crippen molar-refractivity contribution in [3.8, 4) is 0 Å². The first-order valence-electron chi connectivity index (χ1n) is 2.36. The van der Waals surface area contributed by atoms with Gasteiger partial charge in [-0.15, -0.1) is 0 Å². The van der Waals surface area contributed by atoms with Crippen molar-refractivity contribution in [2.75, 3.05) is 0 Å². The van der Waals surface area contributed by atoms with Gasteiger partial charge in [-0.3, -0.25) is 0 Å². The van der Waals surface area contributed by atoms with Gasteiger partial charge in [-0.05, 0) is 0 Å². The van der Waals surface area contributed by atoms with E-state index in [0.717, 1.165) is 0 Å². The van der Waals surface area contributed by atoms with Crippen LogP contribution in [0.3, 0.4) is 0 Å². The molecule has 1 aromatic rings. The molecule has 0 amide bonds. The molecule has 0 aliphatic rings. The van der Waals surface area contributed by atoms with E-state index in [1.165, 1.54) is 0 Å². The predicted octanol–water partition coefficient (Wildman–Crippen LogP) is 0.482. The molecular weight excluding hydrogens is 98.9 g/mol. The summed E-state index contributed by atoms with van der Waals surface area (Å²) >= 11 is 0. The Morgan fingerprint density at radius 3 is 2.75 bits per heavy atom. The molecule has 0 aliphatic carbocycles. The van der Waals surface area contributed by atoms with Crippen LogP contribution in [0.1, 0.15) is 5.46 Å². The summed E-state index contributed by atoms with van der Waals surface area (Å²) in [6, 6.07) is 5.38. The molecule has 0 saturated carbocycles. The van der Waals surface area contributed by atoms with Crippen LogP contribution in [-0.4, -0.2) is 13.2 Å². The maximum absolute atomic E-state index is 9.88. The van der Waals surface area contributed by atoms with E-state index in [0.29, 0.717) is 5.46 Å². The van der Waals surface area contributed by atoms with Crippen LogP contribution >= 0.6 is 0 Å². The Morgan fingerprint density at radius 1 is 1.50 bits per heavy atom. The molecule has 1 rings (SSSR count). The maximum atomic E-state index is 9.88. The van der Waals surface area contributed by atoms with E-state index < -0.39 is 0 Å². The SMILES string of the molecule is O=[C]c1bcccc1. The molecule has 2 heteroatoms. The Bertz CT molecular complexity index is 171. The molecule has 1 radical (unpaired) electrons. The predicted molar refractivity (Wildman–Crippen MR) is 32.6 cm³/mol. The molecule has 0 saturated heterocycles. The number of hydrogen-bond acceptors (Lipinski definition) is 1. The average Bonchev–Trinajstić information content (AvgIpc) is 1.90. The third-order valence-electron chi connectivity index (χ3n) is 0.892. The van der Waals surface area contributed by atoms with Crippen molar-refractivity contribution < 1.29 is 4.79 Å². The van der Waals surface area contributed by atoms with E-state index in [1.54, 1.807) is 31.3 Å². The van der Waals surface area contributed by atoms with Gasteiger partial charge in [0.1, 0.15) is 0 Å². The zero-order chi connectivity index (χ0) is 5.82. The molecule has 0 aromatic carbocycles. The molecule has 8 heavy (non-hydrogen) atoms. The molecule has 0 N–H and O–H groups in total. The minimum atomic E-state index is 0.604. The third-order valence-corrected chi connectivity index (χ3v) is 0.892. The average molecular weight is 103 g/mol. The zero-order valence-corrected chi connectivity index (χ0v) is 4.29. The molecule has 1 heterocycles. The first-order valence-corrected chi connectivity index (χ1v) is 2.36. The number of hydrogen-bond donors (Lipinski definition) is 0. The minimum absolute atomic E-state index is 0.604. The standard InChI is InChI=1S/C6H4BO/c8-5-6-3-1-2-4-7-6/h1-4H. The molecule has 37 valence electrons. The van der Waals surface area contributed by atoms with Crippen molar-refractivity contribution in [2.24, 2.45) is 0 Å². The molecule has 0 spiro atoms. The van der Waals surface area contributed by atoms with Gasteiger partial charge in [-0.25, -0.2) is 0 Å². The van der Waals surface area contributed by atoms with Gasteiger partial charge in [0, 0.05) is 0 Å². The van der Waals surface area contributed by atoms with E-state index in [1.807, 2.05) is 6.07 Å². The second-order valence-corrected chi connectivity index (χ2v) is 1.47. The Labute approximate surface area is 48.6 Å². The van der Waals surface area contributed by atoms with E-state index in [4.69, 9.17) is 0 Å². The van der Waals surface area contributed by atoms with E-state index in [2.05, 4.69) is 0 Å². The van der Waals surface area contributed by atoms with E-state index >= 15 is 0 Å². The van der Waals surface area contributed by atoms with Gasteiger partial charge in [0.15, 0.2) is 0 Å². The topological polar surface area (TPSA) is 17.1 Å².